The highest BCUT2D eigenvalue weighted by Gasteiger charge is 2.25. The molecule has 0 aliphatic heterocycles. The quantitative estimate of drug-likeness (QED) is 0.756. The fourth-order valence-electron chi connectivity index (χ4n) is 2.11. The maximum Gasteiger partial charge on any atom is 0.353 e. The lowest BCUT2D eigenvalue weighted by molar-refractivity contribution is 0.0691. The summed E-state index contributed by atoms with van der Waals surface area (Å²) in [5.74, 6) is 1.07. The van der Waals surface area contributed by atoms with Gasteiger partial charge in [-0.15, -0.1) is 0 Å². The van der Waals surface area contributed by atoms with Crippen LogP contribution >= 0.6 is 0 Å². The second-order valence-corrected chi connectivity index (χ2v) is 4.10. The van der Waals surface area contributed by atoms with Crippen molar-refractivity contribution in [1.82, 2.24) is 9.97 Å². The van der Waals surface area contributed by atoms with Crippen molar-refractivity contribution in [3.05, 3.63) is 17.7 Å². The van der Waals surface area contributed by atoms with E-state index in [-0.39, 0.29) is 5.69 Å². The molecule has 0 amide bonds. The van der Waals surface area contributed by atoms with E-state index in [1.54, 1.807) is 0 Å². The van der Waals surface area contributed by atoms with Gasteiger partial charge in [0.2, 0.25) is 0 Å². The lowest BCUT2D eigenvalue weighted by atomic mass is 10.1. The molecule has 4 nitrogen and oxygen atoms in total. The normalized spacial score (nSPS) is 26.6. The lowest BCUT2D eigenvalue weighted by Crippen LogP contribution is -1.99. The molecule has 0 aromatic carbocycles. The molecule has 1 saturated carbocycles. The van der Waals surface area contributed by atoms with Crippen LogP contribution in [0.25, 0.3) is 0 Å². The Balaban J connectivity index is 2.13. The lowest BCUT2D eigenvalue weighted by Gasteiger charge is -2.04. The first-order valence-electron chi connectivity index (χ1n) is 4.95. The van der Waals surface area contributed by atoms with Crippen molar-refractivity contribution in [3.63, 3.8) is 0 Å². The summed E-state index contributed by atoms with van der Waals surface area (Å²) in [7, 11) is 0. The zero-order valence-electron chi connectivity index (χ0n) is 8.16. The summed E-state index contributed by atoms with van der Waals surface area (Å²) in [5, 5.41) is 8.72. The van der Waals surface area contributed by atoms with E-state index < -0.39 is 5.97 Å². The second-order valence-electron chi connectivity index (χ2n) is 4.10. The Bertz CT molecular complexity index is 346. The molecule has 0 radical (unpaired) electrons. The Labute approximate surface area is 82.4 Å². The zero-order valence-corrected chi connectivity index (χ0v) is 8.16. The molecule has 1 aromatic rings. The summed E-state index contributed by atoms with van der Waals surface area (Å²) in [4.78, 5) is 17.6. The molecule has 1 heterocycles. The number of H-pyrrole nitrogens is 1. The van der Waals surface area contributed by atoms with Gasteiger partial charge in [-0.2, -0.15) is 0 Å². The van der Waals surface area contributed by atoms with Crippen molar-refractivity contribution < 1.29 is 9.90 Å². The van der Waals surface area contributed by atoms with Gasteiger partial charge in [0, 0.05) is 5.92 Å². The maximum atomic E-state index is 10.6. The molecule has 1 aliphatic carbocycles. The molecule has 76 valence electrons. The minimum atomic E-state index is -0.935. The van der Waals surface area contributed by atoms with Gasteiger partial charge in [-0.3, -0.25) is 0 Å². The number of nitrogens with one attached hydrogen (secondary N) is 1. The van der Waals surface area contributed by atoms with Crippen LogP contribution in [0, 0.1) is 5.92 Å². The summed E-state index contributed by atoms with van der Waals surface area (Å²) < 4.78 is 0. The van der Waals surface area contributed by atoms with Crippen molar-refractivity contribution in [1.29, 1.82) is 0 Å². The van der Waals surface area contributed by atoms with E-state index in [1.807, 2.05) is 0 Å². The predicted molar refractivity (Wildman–Crippen MR) is 51.3 cm³/mol. The number of aromatic nitrogens is 2. The average Bonchev–Trinajstić information content (AvgIpc) is 2.70. The van der Waals surface area contributed by atoms with Crippen molar-refractivity contribution >= 4 is 5.97 Å². The van der Waals surface area contributed by atoms with E-state index in [0.717, 1.165) is 24.6 Å². The van der Waals surface area contributed by atoms with Crippen LogP contribution in [0.15, 0.2) is 6.20 Å². The fraction of sp³-hybridized carbons (Fsp3) is 0.600. The molecule has 1 fully saturated rings. The Morgan fingerprint density at radius 1 is 1.64 bits per heavy atom. The third kappa shape index (κ3) is 1.64. The Kier molecular flexibility index (Phi) is 2.27. The summed E-state index contributed by atoms with van der Waals surface area (Å²) in [6, 6.07) is 0. The SMILES string of the molecule is CC1CCC(c2ncc(C(=O)O)[nH]2)C1. The summed E-state index contributed by atoms with van der Waals surface area (Å²) >= 11 is 0. The molecule has 0 spiro atoms. The van der Waals surface area contributed by atoms with Crippen LogP contribution in [-0.2, 0) is 0 Å². The smallest absolute Gasteiger partial charge is 0.353 e. The second kappa shape index (κ2) is 3.44. The summed E-state index contributed by atoms with van der Waals surface area (Å²) in [6.07, 6.45) is 4.86. The van der Waals surface area contributed by atoms with Gasteiger partial charge in [-0.1, -0.05) is 6.92 Å². The number of carboxylic acid groups (broad SMARTS) is 1. The third-order valence-corrected chi connectivity index (χ3v) is 2.91. The van der Waals surface area contributed by atoms with Gasteiger partial charge >= 0.3 is 5.97 Å². The van der Waals surface area contributed by atoms with E-state index in [4.69, 9.17) is 5.11 Å². The highest BCUT2D eigenvalue weighted by atomic mass is 16.4. The predicted octanol–water partition coefficient (Wildman–Crippen LogP) is 2.01. The molecule has 14 heavy (non-hydrogen) atoms. The van der Waals surface area contributed by atoms with Crippen LogP contribution < -0.4 is 0 Å². The molecule has 2 rings (SSSR count). The molecular weight excluding hydrogens is 180 g/mol. The number of carbonyl (C=O) groups is 1. The molecule has 4 heteroatoms. The average molecular weight is 194 g/mol. The first kappa shape index (κ1) is 9.24. The Morgan fingerprint density at radius 3 is 2.93 bits per heavy atom. The zero-order chi connectivity index (χ0) is 10.1. The Hall–Kier alpha value is -1.32. The monoisotopic (exact) mass is 194 g/mol. The number of carboxylic acids is 1. The maximum absolute atomic E-state index is 10.6. The number of aromatic carboxylic acids is 1. The van der Waals surface area contributed by atoms with Gasteiger partial charge in [0.1, 0.15) is 11.5 Å². The van der Waals surface area contributed by atoms with Gasteiger partial charge < -0.3 is 10.1 Å². The number of imidazole rings is 1. The summed E-state index contributed by atoms with van der Waals surface area (Å²) in [5.41, 5.74) is 0.194. The van der Waals surface area contributed by atoms with Crippen molar-refractivity contribution in [2.24, 2.45) is 5.92 Å². The van der Waals surface area contributed by atoms with Crippen LogP contribution in [0.2, 0.25) is 0 Å². The number of hydrogen-bond acceptors (Lipinski definition) is 2. The van der Waals surface area contributed by atoms with Gasteiger partial charge in [-0.25, -0.2) is 9.78 Å². The number of rotatable bonds is 2. The van der Waals surface area contributed by atoms with E-state index in [1.165, 1.54) is 12.6 Å². The van der Waals surface area contributed by atoms with Gasteiger partial charge in [0.25, 0.3) is 0 Å². The van der Waals surface area contributed by atoms with Crippen LogP contribution in [-0.4, -0.2) is 21.0 Å². The fourth-order valence-corrected chi connectivity index (χ4v) is 2.11. The molecule has 2 unspecified atom stereocenters. The van der Waals surface area contributed by atoms with Crippen LogP contribution in [0.1, 0.15) is 48.4 Å². The van der Waals surface area contributed by atoms with Crippen molar-refractivity contribution in [2.45, 2.75) is 32.1 Å². The van der Waals surface area contributed by atoms with E-state index in [2.05, 4.69) is 16.9 Å². The van der Waals surface area contributed by atoms with Gasteiger partial charge in [0.15, 0.2) is 0 Å². The first-order chi connectivity index (χ1) is 6.66. The molecule has 1 aliphatic rings. The van der Waals surface area contributed by atoms with Gasteiger partial charge in [0.05, 0.1) is 6.20 Å². The van der Waals surface area contributed by atoms with Crippen molar-refractivity contribution in [2.75, 3.05) is 0 Å². The van der Waals surface area contributed by atoms with Gasteiger partial charge in [-0.05, 0) is 25.2 Å². The minimum absolute atomic E-state index is 0.194. The molecule has 2 atom stereocenters. The highest BCUT2D eigenvalue weighted by Crippen LogP contribution is 2.36. The molecule has 2 N–H and O–H groups in total. The van der Waals surface area contributed by atoms with Crippen LogP contribution in [0.4, 0.5) is 0 Å². The number of aromatic amines is 1. The molecule has 1 aromatic heterocycles. The molecule has 0 saturated heterocycles. The largest absolute Gasteiger partial charge is 0.477 e. The molecule has 0 bridgehead atoms. The van der Waals surface area contributed by atoms with Crippen molar-refractivity contribution in [3.8, 4) is 0 Å². The third-order valence-electron chi connectivity index (χ3n) is 2.91. The van der Waals surface area contributed by atoms with Crippen LogP contribution in [0.5, 0.6) is 0 Å². The number of nitrogens with zero attached hydrogens (tertiary/aromatic N) is 1. The van der Waals surface area contributed by atoms with Crippen LogP contribution in [0.3, 0.4) is 0 Å². The summed E-state index contributed by atoms with van der Waals surface area (Å²) in [6.45, 7) is 2.22. The van der Waals surface area contributed by atoms with E-state index >= 15 is 0 Å². The highest BCUT2D eigenvalue weighted by molar-refractivity contribution is 5.85. The standard InChI is InChI=1S/C10H14N2O2/c1-6-2-3-7(4-6)9-11-5-8(12-9)10(13)14/h5-7H,2-4H2,1H3,(H,11,12)(H,13,14). The topological polar surface area (TPSA) is 66.0 Å². The van der Waals surface area contributed by atoms with E-state index in [9.17, 15) is 4.79 Å². The minimum Gasteiger partial charge on any atom is -0.477 e. The Morgan fingerprint density at radius 2 is 2.43 bits per heavy atom. The number of hydrogen-bond donors (Lipinski definition) is 2. The van der Waals surface area contributed by atoms with E-state index in [0.29, 0.717) is 5.92 Å². The molecular formula is C10H14N2O2. The first-order valence-corrected chi connectivity index (χ1v) is 4.95.